The van der Waals surface area contributed by atoms with Crippen molar-refractivity contribution in [3.63, 3.8) is 0 Å². The van der Waals surface area contributed by atoms with Crippen LogP contribution in [0.1, 0.15) is 0 Å². The smallest absolute Gasteiger partial charge is 0.189 e. The second kappa shape index (κ2) is 11.8. The molecule has 0 unspecified atom stereocenters. The van der Waals surface area contributed by atoms with Gasteiger partial charge in [0.25, 0.3) is 0 Å². The second-order valence-electron chi connectivity index (χ2n) is 13.9. The fraction of sp³-hybridized carbons (Fsp3) is 0. The molecule has 5 nitrogen and oxygen atoms in total. The van der Waals surface area contributed by atoms with Crippen molar-refractivity contribution in [2.24, 2.45) is 0 Å². The molecule has 0 aliphatic carbocycles. The molecule has 0 fully saturated rings. The van der Waals surface area contributed by atoms with Gasteiger partial charge in [0.2, 0.25) is 0 Å². The van der Waals surface area contributed by atoms with Crippen molar-refractivity contribution in [2.75, 3.05) is 0 Å². The van der Waals surface area contributed by atoms with Crippen LogP contribution in [0.2, 0.25) is 0 Å². The molecule has 0 aliphatic heterocycles. The van der Waals surface area contributed by atoms with E-state index >= 15 is 0 Å². The lowest BCUT2D eigenvalue weighted by atomic mass is 10.0. The quantitative estimate of drug-likeness (QED) is 0.163. The number of nitrogens with zero attached hydrogens (tertiary/aromatic N) is 5. The van der Waals surface area contributed by atoms with E-state index < -0.39 is 0 Å². The number of rotatable bonds is 4. The van der Waals surface area contributed by atoms with E-state index in [2.05, 4.69) is 157 Å². The first kappa shape index (κ1) is 30.7. The van der Waals surface area contributed by atoms with Crippen molar-refractivity contribution in [3.8, 4) is 28.2 Å². The van der Waals surface area contributed by atoms with E-state index in [0.717, 1.165) is 61.0 Å². The third-order valence-corrected chi connectivity index (χ3v) is 11.1. The van der Waals surface area contributed by atoms with Gasteiger partial charge in [-0.25, -0.2) is 9.69 Å². The van der Waals surface area contributed by atoms with Gasteiger partial charge in [-0.1, -0.05) is 103 Å². The second-order valence-corrected chi connectivity index (χ2v) is 13.9. The predicted molar refractivity (Wildman–Crippen MR) is 227 cm³/mol. The monoisotopic (exact) mass is 699 g/mol. The molecule has 0 N–H and O–H groups in total. The fourth-order valence-corrected chi connectivity index (χ4v) is 8.68. The van der Waals surface area contributed by atoms with Crippen LogP contribution in [0.25, 0.3) is 103 Å². The largest absolute Gasteiger partial charge is 0.310 e. The minimum absolute atomic E-state index is 0.576. The molecule has 0 radical (unpaired) electrons. The number of para-hydroxylation sites is 4. The lowest BCUT2D eigenvalue weighted by Gasteiger charge is -2.16. The van der Waals surface area contributed by atoms with Gasteiger partial charge in [-0.15, -0.1) is 0 Å². The van der Waals surface area contributed by atoms with Crippen molar-refractivity contribution < 1.29 is 0 Å². The third kappa shape index (κ3) is 4.51. The highest BCUT2D eigenvalue weighted by atomic mass is 15.0. The number of aromatic nitrogens is 3. The summed E-state index contributed by atoms with van der Waals surface area (Å²) >= 11 is 0. The Bertz CT molecular complexity index is 3400. The Labute approximate surface area is 316 Å². The molecule has 0 amide bonds. The molecule has 8 aromatic carbocycles. The Kier molecular flexibility index (Phi) is 6.61. The molecular formula is C50H29N5. The van der Waals surface area contributed by atoms with E-state index in [-0.39, 0.29) is 0 Å². The average Bonchev–Trinajstić information content (AvgIpc) is 3.88. The fourth-order valence-electron chi connectivity index (χ4n) is 8.68. The molecule has 0 bridgehead atoms. The van der Waals surface area contributed by atoms with Gasteiger partial charge in [-0.3, -0.25) is 0 Å². The Hall–Kier alpha value is -7.86. The maximum absolute atomic E-state index is 7.87. The number of hydrogen-bond donors (Lipinski definition) is 0. The Balaban J connectivity index is 1.08. The topological polar surface area (TPSA) is 23.5 Å². The van der Waals surface area contributed by atoms with E-state index in [9.17, 15) is 0 Å². The minimum Gasteiger partial charge on any atom is -0.310 e. The first-order valence-electron chi connectivity index (χ1n) is 18.3. The van der Waals surface area contributed by atoms with Crippen LogP contribution in [0.15, 0.2) is 176 Å². The van der Waals surface area contributed by atoms with Crippen LogP contribution in [0.5, 0.6) is 0 Å². The van der Waals surface area contributed by atoms with Crippen LogP contribution in [-0.2, 0) is 0 Å². The molecule has 0 saturated heterocycles. The van der Waals surface area contributed by atoms with E-state index in [1.807, 2.05) is 42.5 Å². The summed E-state index contributed by atoms with van der Waals surface area (Å²) in [6.07, 6.45) is 0. The van der Waals surface area contributed by atoms with E-state index in [1.54, 1.807) is 0 Å². The van der Waals surface area contributed by atoms with Crippen molar-refractivity contribution in [3.05, 3.63) is 199 Å². The summed E-state index contributed by atoms with van der Waals surface area (Å²) < 4.78 is 6.96. The Morgan fingerprint density at radius 2 is 0.782 bits per heavy atom. The summed E-state index contributed by atoms with van der Waals surface area (Å²) in [5.74, 6) is 0. The zero-order valence-electron chi connectivity index (χ0n) is 29.5. The van der Waals surface area contributed by atoms with Gasteiger partial charge < -0.3 is 13.7 Å². The van der Waals surface area contributed by atoms with Crippen LogP contribution < -0.4 is 0 Å². The first-order valence-corrected chi connectivity index (χ1v) is 18.3. The summed E-state index contributed by atoms with van der Waals surface area (Å²) in [6.45, 7) is 15.6. The normalized spacial score (nSPS) is 11.6. The molecule has 0 saturated carbocycles. The van der Waals surface area contributed by atoms with Gasteiger partial charge in [0, 0.05) is 49.2 Å². The number of hydrogen-bond acceptors (Lipinski definition) is 0. The summed E-state index contributed by atoms with van der Waals surface area (Å²) in [5, 5.41) is 7.09. The molecule has 3 aromatic heterocycles. The molecule has 0 spiro atoms. The zero-order chi connectivity index (χ0) is 36.6. The van der Waals surface area contributed by atoms with Gasteiger partial charge >= 0.3 is 0 Å². The Morgan fingerprint density at radius 3 is 1.38 bits per heavy atom. The van der Waals surface area contributed by atoms with Gasteiger partial charge in [-0.2, -0.15) is 0 Å². The summed E-state index contributed by atoms with van der Waals surface area (Å²) in [4.78, 5) is 7.56. The van der Waals surface area contributed by atoms with Crippen molar-refractivity contribution in [1.82, 2.24) is 13.7 Å². The number of benzene rings is 8. The SMILES string of the molecule is [C-]#[N+]c1ccc(-n2c3ccccc3c3ccc([N+]#[C-])cc32)c(-c2ccc(-n3c4ccccc4c4cc(-n5c6ccccc6c6ccccc65)ccc43)cc2)c1. The molecule has 5 heteroatoms. The van der Waals surface area contributed by atoms with Crippen LogP contribution in [0.4, 0.5) is 11.4 Å². The minimum atomic E-state index is 0.576. The van der Waals surface area contributed by atoms with Crippen LogP contribution in [-0.4, -0.2) is 13.7 Å². The van der Waals surface area contributed by atoms with E-state index in [1.165, 1.54) is 32.6 Å². The zero-order valence-corrected chi connectivity index (χ0v) is 29.5. The van der Waals surface area contributed by atoms with Crippen molar-refractivity contribution in [2.45, 2.75) is 0 Å². The Morgan fingerprint density at radius 1 is 0.327 bits per heavy atom. The molecule has 55 heavy (non-hydrogen) atoms. The predicted octanol–water partition coefficient (Wildman–Crippen LogP) is 13.7. The summed E-state index contributed by atoms with van der Waals surface area (Å²) in [6, 6.07) is 61.5. The molecule has 0 aliphatic rings. The average molecular weight is 700 g/mol. The van der Waals surface area contributed by atoms with Crippen LogP contribution >= 0.6 is 0 Å². The standard InChI is InChI=1S/C50H29N5/c1-51-33-22-27-48(55-47-18-10-5-13-39(47)41-26-21-34(52-2)30-50(41)55)42(29-33)32-19-23-35(24-20-32)53-46-17-9-6-14-40(46)43-31-36(25-28-49(43)53)54-44-15-7-3-11-37(44)38-12-4-8-16-45(38)54/h3-31H. The van der Waals surface area contributed by atoms with Gasteiger partial charge in [0.1, 0.15) is 0 Å². The van der Waals surface area contributed by atoms with Gasteiger partial charge in [-0.05, 0) is 83.9 Å². The molecular weight excluding hydrogens is 671 g/mol. The van der Waals surface area contributed by atoms with E-state index in [4.69, 9.17) is 13.1 Å². The van der Waals surface area contributed by atoms with Crippen molar-refractivity contribution in [1.29, 1.82) is 0 Å². The molecule has 254 valence electrons. The highest BCUT2D eigenvalue weighted by molar-refractivity contribution is 6.13. The maximum Gasteiger partial charge on any atom is 0.189 e. The van der Waals surface area contributed by atoms with Gasteiger partial charge in [0.05, 0.1) is 46.4 Å². The highest BCUT2D eigenvalue weighted by Crippen LogP contribution is 2.41. The lowest BCUT2D eigenvalue weighted by Crippen LogP contribution is -1.98. The number of fused-ring (bicyclic) bond motifs is 9. The lowest BCUT2D eigenvalue weighted by molar-refractivity contribution is 1.16. The molecule has 11 rings (SSSR count). The maximum atomic E-state index is 7.87. The van der Waals surface area contributed by atoms with Crippen LogP contribution in [0, 0.1) is 13.1 Å². The first-order chi connectivity index (χ1) is 27.2. The highest BCUT2D eigenvalue weighted by Gasteiger charge is 2.19. The van der Waals surface area contributed by atoms with E-state index in [0.29, 0.717) is 11.4 Å². The van der Waals surface area contributed by atoms with Crippen molar-refractivity contribution >= 4 is 76.8 Å². The molecule has 3 heterocycles. The molecule has 11 aromatic rings. The van der Waals surface area contributed by atoms with Gasteiger partial charge in [0.15, 0.2) is 11.4 Å². The summed E-state index contributed by atoms with van der Waals surface area (Å²) in [5.41, 5.74) is 12.9. The van der Waals surface area contributed by atoms with Crippen LogP contribution in [0.3, 0.4) is 0 Å². The summed E-state index contributed by atoms with van der Waals surface area (Å²) in [7, 11) is 0. The molecule has 0 atom stereocenters. The third-order valence-electron chi connectivity index (χ3n) is 11.1.